The number of nitro groups is 4. The van der Waals surface area contributed by atoms with Gasteiger partial charge in [0.25, 0.3) is 22.7 Å². The van der Waals surface area contributed by atoms with E-state index in [2.05, 4.69) is 27.8 Å². The van der Waals surface area contributed by atoms with E-state index < -0.39 is 53.6 Å². The van der Waals surface area contributed by atoms with Crippen LogP contribution < -0.4 is 0 Å². The number of rotatable bonds is 5. The Bertz CT molecular complexity index is 1400. The number of nitrogens with zero attached hydrogens (tertiary/aromatic N) is 4. The molecule has 0 aliphatic carbocycles. The third-order valence-electron chi connectivity index (χ3n) is 4.37. The zero-order valence-electron chi connectivity index (χ0n) is 16.1. The highest BCUT2D eigenvalue weighted by Crippen LogP contribution is 2.43. The standard InChI is InChI=1S/C20H9BrN4O8/c21-16-11-19(24(30)31)15(10-20(16)25(32)33)14-9-17(22(26)27)13(8-18(14)23(28)29)7-6-12-4-2-1-3-5-12/h1-5,8-11H. The summed E-state index contributed by atoms with van der Waals surface area (Å²) >= 11 is 2.86. The van der Waals surface area contributed by atoms with Crippen molar-refractivity contribution < 1.29 is 19.7 Å². The molecule has 3 rings (SSSR count). The van der Waals surface area contributed by atoms with Crippen molar-refractivity contribution in [2.45, 2.75) is 0 Å². The highest BCUT2D eigenvalue weighted by atomic mass is 79.9. The molecule has 0 fully saturated rings. The Labute approximate surface area is 192 Å². The van der Waals surface area contributed by atoms with Crippen LogP contribution in [0.1, 0.15) is 11.1 Å². The molecule has 3 aromatic rings. The highest BCUT2D eigenvalue weighted by molar-refractivity contribution is 9.10. The average molecular weight is 513 g/mol. The molecule has 0 saturated carbocycles. The summed E-state index contributed by atoms with van der Waals surface area (Å²) in [4.78, 5) is 42.8. The van der Waals surface area contributed by atoms with E-state index in [1.807, 2.05) is 0 Å². The highest BCUT2D eigenvalue weighted by Gasteiger charge is 2.31. The third-order valence-corrected chi connectivity index (χ3v) is 5.01. The Balaban J connectivity index is 2.35. The van der Waals surface area contributed by atoms with Gasteiger partial charge < -0.3 is 0 Å². The van der Waals surface area contributed by atoms with Crippen LogP contribution >= 0.6 is 15.9 Å². The van der Waals surface area contributed by atoms with E-state index in [0.717, 1.165) is 24.3 Å². The summed E-state index contributed by atoms with van der Waals surface area (Å²) in [5, 5.41) is 46.3. The molecular weight excluding hydrogens is 504 g/mol. The monoisotopic (exact) mass is 512 g/mol. The summed E-state index contributed by atoms with van der Waals surface area (Å²) in [6.07, 6.45) is 0. The molecular formula is C20H9BrN4O8. The van der Waals surface area contributed by atoms with Crippen LogP contribution in [0.15, 0.2) is 59.1 Å². The number of hydrogen-bond donors (Lipinski definition) is 0. The Morgan fingerprint density at radius 2 is 1.09 bits per heavy atom. The van der Waals surface area contributed by atoms with Crippen molar-refractivity contribution in [1.82, 2.24) is 0 Å². The lowest BCUT2D eigenvalue weighted by atomic mass is 9.98. The van der Waals surface area contributed by atoms with Crippen LogP contribution in [-0.4, -0.2) is 19.7 Å². The molecule has 0 aromatic heterocycles. The first-order valence-corrected chi connectivity index (χ1v) is 9.56. The smallest absolute Gasteiger partial charge is 0.258 e. The minimum Gasteiger partial charge on any atom is -0.258 e. The molecule has 0 spiro atoms. The second-order valence-corrected chi connectivity index (χ2v) is 7.21. The van der Waals surface area contributed by atoms with Crippen LogP contribution in [0, 0.1) is 52.3 Å². The fourth-order valence-electron chi connectivity index (χ4n) is 2.91. The molecule has 0 radical (unpaired) electrons. The molecule has 3 aromatic carbocycles. The summed E-state index contributed by atoms with van der Waals surface area (Å²) in [7, 11) is 0. The SMILES string of the molecule is O=[N+]([O-])c1cc(-c2cc([N+](=O)[O-])c(C#Cc3ccccc3)cc2[N+](=O)[O-])c([N+](=O)[O-])cc1Br. The molecule has 0 atom stereocenters. The van der Waals surface area contributed by atoms with Crippen LogP contribution in [0.3, 0.4) is 0 Å². The molecule has 0 saturated heterocycles. The van der Waals surface area contributed by atoms with E-state index in [1.54, 1.807) is 30.3 Å². The molecule has 0 bridgehead atoms. The maximum atomic E-state index is 11.7. The van der Waals surface area contributed by atoms with Crippen LogP contribution in [0.5, 0.6) is 0 Å². The van der Waals surface area contributed by atoms with Gasteiger partial charge in [0.1, 0.15) is 10.0 Å². The van der Waals surface area contributed by atoms with E-state index in [1.165, 1.54) is 0 Å². The van der Waals surface area contributed by atoms with E-state index in [9.17, 15) is 40.5 Å². The summed E-state index contributed by atoms with van der Waals surface area (Å²) < 4.78 is -0.231. The molecule has 164 valence electrons. The van der Waals surface area contributed by atoms with Crippen molar-refractivity contribution in [2.75, 3.05) is 0 Å². The quantitative estimate of drug-likeness (QED) is 0.256. The van der Waals surface area contributed by atoms with Gasteiger partial charge in [-0.1, -0.05) is 30.0 Å². The van der Waals surface area contributed by atoms with Crippen molar-refractivity contribution in [3.8, 4) is 23.0 Å². The number of halogens is 1. The van der Waals surface area contributed by atoms with Crippen molar-refractivity contribution >= 4 is 38.7 Å². The zero-order valence-corrected chi connectivity index (χ0v) is 17.7. The second-order valence-electron chi connectivity index (χ2n) is 6.35. The first kappa shape index (κ1) is 23.0. The molecule has 13 heteroatoms. The molecule has 0 heterocycles. The van der Waals surface area contributed by atoms with Gasteiger partial charge in [-0.15, -0.1) is 0 Å². The fourth-order valence-corrected chi connectivity index (χ4v) is 3.39. The van der Waals surface area contributed by atoms with Crippen molar-refractivity contribution in [2.24, 2.45) is 0 Å². The lowest BCUT2D eigenvalue weighted by Crippen LogP contribution is -2.01. The third kappa shape index (κ3) is 4.81. The number of nitro benzene ring substituents is 4. The number of hydrogen-bond acceptors (Lipinski definition) is 8. The summed E-state index contributed by atoms with van der Waals surface area (Å²) in [5.74, 6) is 5.18. The first-order chi connectivity index (χ1) is 15.6. The van der Waals surface area contributed by atoms with Gasteiger partial charge in [-0.25, -0.2) is 0 Å². The van der Waals surface area contributed by atoms with Crippen LogP contribution in [0.2, 0.25) is 0 Å². The van der Waals surface area contributed by atoms with Crippen molar-refractivity contribution in [3.05, 3.63) is 111 Å². The van der Waals surface area contributed by atoms with Crippen LogP contribution in [-0.2, 0) is 0 Å². The molecule has 0 N–H and O–H groups in total. The Kier molecular flexibility index (Phi) is 6.41. The van der Waals surface area contributed by atoms with Crippen molar-refractivity contribution in [1.29, 1.82) is 0 Å². The topological polar surface area (TPSA) is 173 Å². The van der Waals surface area contributed by atoms with Gasteiger partial charge in [-0.05, 0) is 28.1 Å². The van der Waals surface area contributed by atoms with Gasteiger partial charge in [0, 0.05) is 29.8 Å². The lowest BCUT2D eigenvalue weighted by molar-refractivity contribution is -0.390. The molecule has 12 nitrogen and oxygen atoms in total. The van der Waals surface area contributed by atoms with Gasteiger partial charge in [0.15, 0.2) is 0 Å². The first-order valence-electron chi connectivity index (χ1n) is 8.76. The molecule has 0 aliphatic rings. The van der Waals surface area contributed by atoms with Crippen molar-refractivity contribution in [3.63, 3.8) is 0 Å². The molecule has 0 unspecified atom stereocenters. The van der Waals surface area contributed by atoms with E-state index in [-0.39, 0.29) is 10.0 Å². The summed E-state index contributed by atoms with van der Waals surface area (Å²) in [5.41, 5.74) is -3.57. The van der Waals surface area contributed by atoms with E-state index in [0.29, 0.717) is 5.56 Å². The maximum absolute atomic E-state index is 11.7. The lowest BCUT2D eigenvalue weighted by Gasteiger charge is -2.07. The van der Waals surface area contributed by atoms with Crippen LogP contribution in [0.25, 0.3) is 11.1 Å². The minimum absolute atomic E-state index is 0.231. The van der Waals surface area contributed by atoms with E-state index >= 15 is 0 Å². The molecule has 0 amide bonds. The van der Waals surface area contributed by atoms with Gasteiger partial charge >= 0.3 is 0 Å². The zero-order chi connectivity index (χ0) is 24.3. The Morgan fingerprint density at radius 3 is 1.61 bits per heavy atom. The van der Waals surface area contributed by atoms with Gasteiger partial charge in [-0.3, -0.25) is 40.5 Å². The maximum Gasteiger partial charge on any atom is 0.286 e. The fraction of sp³-hybridized carbons (Fsp3) is 0. The van der Waals surface area contributed by atoms with E-state index in [4.69, 9.17) is 0 Å². The largest absolute Gasteiger partial charge is 0.286 e. The van der Waals surface area contributed by atoms with Crippen LogP contribution in [0.4, 0.5) is 22.7 Å². The van der Waals surface area contributed by atoms with Gasteiger partial charge in [0.05, 0.1) is 30.8 Å². The summed E-state index contributed by atoms with van der Waals surface area (Å²) in [6.45, 7) is 0. The number of benzene rings is 3. The Morgan fingerprint density at radius 1 is 0.606 bits per heavy atom. The molecule has 0 aliphatic heterocycles. The predicted octanol–water partition coefficient (Wildman–Crippen LogP) is 5.15. The average Bonchev–Trinajstić information content (AvgIpc) is 2.77. The second kappa shape index (κ2) is 9.20. The normalized spacial score (nSPS) is 10.1. The Hall–Kier alpha value is -4.70. The molecule has 33 heavy (non-hydrogen) atoms. The predicted molar refractivity (Wildman–Crippen MR) is 119 cm³/mol. The minimum atomic E-state index is -0.900. The van der Waals surface area contributed by atoms with Gasteiger partial charge in [0.2, 0.25) is 0 Å². The van der Waals surface area contributed by atoms with Gasteiger partial charge in [-0.2, -0.15) is 0 Å². The summed E-state index contributed by atoms with van der Waals surface area (Å²) in [6, 6.07) is 11.5.